The van der Waals surface area contributed by atoms with Crippen LogP contribution < -0.4 is 0 Å². The molecule has 1 aliphatic rings. The van der Waals surface area contributed by atoms with Crippen molar-refractivity contribution in [2.75, 3.05) is 0 Å². The molecule has 1 heterocycles. The van der Waals surface area contributed by atoms with Gasteiger partial charge in [-0.2, -0.15) is 8.42 Å². The minimum Gasteiger partial charge on any atom is -0.296 e. The molecule has 1 saturated carbocycles. The Bertz CT molecular complexity index is 493. The molecule has 7 heteroatoms. The van der Waals surface area contributed by atoms with E-state index in [1.54, 1.807) is 0 Å². The van der Waals surface area contributed by atoms with Gasteiger partial charge in [0, 0.05) is 12.0 Å². The van der Waals surface area contributed by atoms with Crippen LogP contribution in [0.25, 0.3) is 0 Å². The summed E-state index contributed by atoms with van der Waals surface area (Å²) in [5.41, 5.74) is 0. The second-order valence-electron chi connectivity index (χ2n) is 4.19. The van der Waals surface area contributed by atoms with Crippen molar-refractivity contribution in [1.82, 2.24) is 14.8 Å². The van der Waals surface area contributed by atoms with Crippen molar-refractivity contribution in [2.24, 2.45) is 0 Å². The summed E-state index contributed by atoms with van der Waals surface area (Å²) in [5, 5.41) is 6.74. The van der Waals surface area contributed by atoms with E-state index in [1.165, 1.54) is 4.57 Å². The summed E-state index contributed by atoms with van der Waals surface area (Å²) in [4.78, 5) is 0. The fourth-order valence-corrected chi connectivity index (χ4v) is 2.27. The van der Waals surface area contributed by atoms with Crippen molar-refractivity contribution in [2.45, 2.75) is 50.2 Å². The Balaban J connectivity index is 2.52. The van der Waals surface area contributed by atoms with Crippen LogP contribution >= 0.6 is 0 Å². The molecule has 0 N–H and O–H groups in total. The number of nitrogens with zero attached hydrogens (tertiary/aromatic N) is 3. The van der Waals surface area contributed by atoms with Gasteiger partial charge >= 0.3 is 10.2 Å². The van der Waals surface area contributed by atoms with Gasteiger partial charge in [0.15, 0.2) is 0 Å². The second kappa shape index (κ2) is 3.80. The van der Waals surface area contributed by atoms with Crippen LogP contribution in [0.3, 0.4) is 0 Å². The van der Waals surface area contributed by atoms with Crippen LogP contribution in [-0.2, 0) is 10.2 Å². The van der Waals surface area contributed by atoms with Crippen LogP contribution in [0.5, 0.6) is 0 Å². The molecule has 1 aliphatic carbocycles. The van der Waals surface area contributed by atoms with Gasteiger partial charge in [0.25, 0.3) is 5.16 Å². The van der Waals surface area contributed by atoms with Crippen LogP contribution in [0.15, 0.2) is 5.16 Å². The van der Waals surface area contributed by atoms with E-state index < -0.39 is 15.4 Å². The molecule has 2 rings (SSSR count). The highest BCUT2D eigenvalue weighted by Crippen LogP contribution is 2.39. The molecule has 1 aromatic heterocycles. The lowest BCUT2D eigenvalue weighted by molar-refractivity contribution is 0.512. The highest BCUT2D eigenvalue weighted by molar-refractivity contribution is 7.86. The third-order valence-corrected chi connectivity index (χ3v) is 3.59. The maximum absolute atomic E-state index is 13.0. The van der Waals surface area contributed by atoms with Crippen LogP contribution in [0, 0.1) is 0 Å². The lowest BCUT2D eigenvalue weighted by Gasteiger charge is -2.10. The summed E-state index contributed by atoms with van der Waals surface area (Å²) in [5.74, 6) is 0.657. The highest BCUT2D eigenvalue weighted by Gasteiger charge is 2.35. The number of rotatable bonds is 4. The average Bonchev–Trinajstić information content (AvgIpc) is 2.94. The van der Waals surface area contributed by atoms with Crippen molar-refractivity contribution in [1.29, 1.82) is 0 Å². The highest BCUT2D eigenvalue weighted by atomic mass is 32.3. The Morgan fingerprint density at radius 3 is 2.56 bits per heavy atom. The van der Waals surface area contributed by atoms with Crippen molar-refractivity contribution in [3.05, 3.63) is 5.82 Å². The van der Waals surface area contributed by atoms with Crippen molar-refractivity contribution in [3.8, 4) is 0 Å². The molecule has 1 fully saturated rings. The Morgan fingerprint density at radius 1 is 1.50 bits per heavy atom. The summed E-state index contributed by atoms with van der Waals surface area (Å²) in [6, 6.07) is 0.0551. The third kappa shape index (κ3) is 1.95. The quantitative estimate of drug-likeness (QED) is 0.761. The molecule has 90 valence electrons. The summed E-state index contributed by atoms with van der Waals surface area (Å²) in [7, 11) is -4.77. The van der Waals surface area contributed by atoms with Crippen LogP contribution in [0.1, 0.15) is 50.9 Å². The van der Waals surface area contributed by atoms with Gasteiger partial charge in [-0.05, 0) is 19.3 Å². The second-order valence-corrected chi connectivity index (χ2v) is 5.43. The molecule has 1 aromatic rings. The van der Waals surface area contributed by atoms with Crippen molar-refractivity contribution < 1.29 is 12.3 Å². The van der Waals surface area contributed by atoms with E-state index in [-0.39, 0.29) is 12.0 Å². The molecule has 0 spiro atoms. The van der Waals surface area contributed by atoms with Gasteiger partial charge in [0.2, 0.25) is 0 Å². The normalized spacial score (nSPS) is 18.7. The molecule has 0 aliphatic heterocycles. The zero-order valence-electron chi connectivity index (χ0n) is 9.22. The number of aromatic nitrogens is 3. The first-order chi connectivity index (χ1) is 7.45. The lowest BCUT2D eigenvalue weighted by atomic mass is 10.1. The zero-order valence-corrected chi connectivity index (χ0v) is 10.0. The van der Waals surface area contributed by atoms with Gasteiger partial charge < -0.3 is 0 Å². The lowest BCUT2D eigenvalue weighted by Crippen LogP contribution is -2.10. The first-order valence-corrected chi connectivity index (χ1v) is 6.73. The van der Waals surface area contributed by atoms with Crippen molar-refractivity contribution >= 4 is 10.2 Å². The van der Waals surface area contributed by atoms with Crippen molar-refractivity contribution in [3.63, 3.8) is 0 Å². The fourth-order valence-electron chi connectivity index (χ4n) is 1.65. The Labute approximate surface area is 93.9 Å². The number of hydrogen-bond acceptors (Lipinski definition) is 4. The SMILES string of the molecule is CCC(C)c1nnc(S(=O)(=O)F)n1C1CC1. The predicted molar refractivity (Wildman–Crippen MR) is 55.3 cm³/mol. The molecule has 16 heavy (non-hydrogen) atoms. The number of halogens is 1. The molecule has 0 aromatic carbocycles. The van der Waals surface area contributed by atoms with Gasteiger partial charge in [-0.3, -0.25) is 4.57 Å². The van der Waals surface area contributed by atoms with E-state index in [0.717, 1.165) is 19.3 Å². The molecule has 1 unspecified atom stereocenters. The average molecular weight is 247 g/mol. The van der Waals surface area contributed by atoms with Gasteiger partial charge in [-0.1, -0.05) is 17.7 Å². The summed E-state index contributed by atoms with van der Waals surface area (Å²) in [6.07, 6.45) is 2.55. The summed E-state index contributed by atoms with van der Waals surface area (Å²) in [6.45, 7) is 3.90. The Morgan fingerprint density at radius 2 is 2.12 bits per heavy atom. The molecular weight excluding hydrogens is 233 g/mol. The molecule has 1 atom stereocenters. The van der Waals surface area contributed by atoms with E-state index in [0.29, 0.717) is 5.82 Å². The van der Waals surface area contributed by atoms with Crippen LogP contribution in [0.2, 0.25) is 0 Å². The largest absolute Gasteiger partial charge is 0.368 e. The van der Waals surface area contributed by atoms with Gasteiger partial charge in [-0.15, -0.1) is 10.2 Å². The predicted octanol–water partition coefficient (Wildman–Crippen LogP) is 1.78. The van der Waals surface area contributed by atoms with E-state index in [2.05, 4.69) is 10.2 Å². The Hall–Kier alpha value is -0.980. The molecular formula is C9H14FN3O2S. The maximum Gasteiger partial charge on any atom is 0.368 e. The Kier molecular flexibility index (Phi) is 2.73. The molecule has 0 radical (unpaired) electrons. The topological polar surface area (TPSA) is 64.8 Å². The van der Waals surface area contributed by atoms with Gasteiger partial charge in [-0.25, -0.2) is 0 Å². The van der Waals surface area contributed by atoms with Crippen LogP contribution in [-0.4, -0.2) is 23.2 Å². The molecule has 0 saturated heterocycles. The van der Waals surface area contributed by atoms with Crippen LogP contribution in [0.4, 0.5) is 3.89 Å². The third-order valence-electron chi connectivity index (χ3n) is 2.87. The molecule has 0 bridgehead atoms. The van der Waals surface area contributed by atoms with E-state index >= 15 is 0 Å². The smallest absolute Gasteiger partial charge is 0.296 e. The monoisotopic (exact) mass is 247 g/mol. The van der Waals surface area contributed by atoms with E-state index in [1.807, 2.05) is 13.8 Å². The van der Waals surface area contributed by atoms with Gasteiger partial charge in [0.05, 0.1) is 0 Å². The fraction of sp³-hybridized carbons (Fsp3) is 0.778. The van der Waals surface area contributed by atoms with E-state index in [9.17, 15) is 12.3 Å². The minimum atomic E-state index is -4.77. The molecule has 0 amide bonds. The standard InChI is InChI=1S/C9H14FN3O2S/c1-3-6(2)8-11-12-9(16(10,14)15)13(8)7-4-5-7/h6-7H,3-5H2,1-2H3. The summed E-state index contributed by atoms with van der Waals surface area (Å²) >= 11 is 0. The molecule has 5 nitrogen and oxygen atoms in total. The minimum absolute atomic E-state index is 0.0551. The van der Waals surface area contributed by atoms with E-state index in [4.69, 9.17) is 0 Å². The number of hydrogen-bond donors (Lipinski definition) is 0. The first-order valence-electron chi connectivity index (χ1n) is 5.34. The van der Waals surface area contributed by atoms with Gasteiger partial charge in [0.1, 0.15) is 5.82 Å². The summed E-state index contributed by atoms with van der Waals surface area (Å²) < 4.78 is 36.3. The maximum atomic E-state index is 13.0. The first kappa shape index (κ1) is 11.5. The zero-order chi connectivity index (χ0) is 11.9.